The number of aromatic nitrogens is 3. The molecule has 2 heterocycles. The minimum absolute atomic E-state index is 0.131. The van der Waals surface area contributed by atoms with Gasteiger partial charge < -0.3 is 9.68 Å². The van der Waals surface area contributed by atoms with Crippen molar-refractivity contribution in [2.45, 2.75) is 33.6 Å². The standard InChI is InChI=1S/C8H7N3O2.C6H7NO4.C2H3ClO/c1-6(12)13-11-8-5-3-2-4-7(8)9-10-11;1-4(8)11-7-5(9)2-3-6(7)10;1-2(3)4/h2-5H,1H3;2-3H2,1H3;1H3. The van der Waals surface area contributed by atoms with Gasteiger partial charge in [0.05, 0.1) is 0 Å². The molecule has 1 aromatic carbocycles. The zero-order valence-electron chi connectivity index (χ0n) is 15.2. The molecule has 0 aliphatic carbocycles. The number of hydrogen-bond donors (Lipinski definition) is 0. The molecular formula is C16H17ClN4O7. The molecule has 0 saturated carbocycles. The monoisotopic (exact) mass is 412 g/mol. The van der Waals surface area contributed by atoms with Crippen LogP contribution in [0, 0.1) is 0 Å². The lowest BCUT2D eigenvalue weighted by molar-refractivity contribution is -0.195. The molecule has 3 rings (SSSR count). The molecule has 1 saturated heterocycles. The maximum atomic E-state index is 10.7. The molecule has 11 nitrogen and oxygen atoms in total. The number of amides is 2. The Balaban J connectivity index is 0.000000239. The number of halogens is 1. The summed E-state index contributed by atoms with van der Waals surface area (Å²) in [6.07, 6.45) is 0.262. The second-order valence-corrected chi connectivity index (χ2v) is 5.70. The van der Waals surface area contributed by atoms with Gasteiger partial charge in [0.25, 0.3) is 11.8 Å². The van der Waals surface area contributed by atoms with Crippen LogP contribution in [0.4, 0.5) is 0 Å². The fourth-order valence-electron chi connectivity index (χ4n) is 1.82. The summed E-state index contributed by atoms with van der Waals surface area (Å²) in [6, 6.07) is 7.24. The smallest absolute Gasteiger partial charge is 0.331 e. The summed E-state index contributed by atoms with van der Waals surface area (Å²) >= 11 is 4.64. The van der Waals surface area contributed by atoms with E-state index in [1.807, 2.05) is 12.1 Å². The maximum Gasteiger partial charge on any atom is 0.332 e. The van der Waals surface area contributed by atoms with Crippen LogP contribution in [-0.2, 0) is 28.8 Å². The Morgan fingerprint density at radius 3 is 1.96 bits per heavy atom. The fourth-order valence-corrected chi connectivity index (χ4v) is 1.82. The highest BCUT2D eigenvalue weighted by Gasteiger charge is 2.31. The van der Waals surface area contributed by atoms with Crippen molar-refractivity contribution in [3.63, 3.8) is 0 Å². The van der Waals surface area contributed by atoms with E-state index in [2.05, 4.69) is 26.8 Å². The molecule has 1 aliphatic heterocycles. The van der Waals surface area contributed by atoms with Crippen LogP contribution in [0.25, 0.3) is 11.0 Å². The van der Waals surface area contributed by atoms with Crippen molar-refractivity contribution in [1.29, 1.82) is 0 Å². The molecule has 0 unspecified atom stereocenters. The second kappa shape index (κ2) is 10.7. The van der Waals surface area contributed by atoms with Gasteiger partial charge in [0.2, 0.25) is 5.24 Å². The second-order valence-electron chi connectivity index (χ2n) is 5.17. The Labute approximate surface area is 164 Å². The number of nitrogens with zero attached hydrogens (tertiary/aromatic N) is 4. The van der Waals surface area contributed by atoms with Crippen molar-refractivity contribution in [2.75, 3.05) is 0 Å². The van der Waals surface area contributed by atoms with Gasteiger partial charge in [-0.1, -0.05) is 17.0 Å². The van der Waals surface area contributed by atoms with Gasteiger partial charge in [0, 0.05) is 33.6 Å². The van der Waals surface area contributed by atoms with Crippen molar-refractivity contribution in [2.24, 2.45) is 0 Å². The molecule has 0 radical (unpaired) electrons. The molecule has 0 atom stereocenters. The number of carbonyl (C=O) groups is 5. The summed E-state index contributed by atoms with van der Waals surface area (Å²) in [7, 11) is 0. The lowest BCUT2D eigenvalue weighted by atomic mass is 10.3. The van der Waals surface area contributed by atoms with Crippen molar-refractivity contribution in [3.8, 4) is 0 Å². The number of para-hydroxylation sites is 1. The zero-order chi connectivity index (χ0) is 21.3. The summed E-state index contributed by atoms with van der Waals surface area (Å²) in [4.78, 5) is 61.9. The van der Waals surface area contributed by atoms with E-state index < -0.39 is 23.8 Å². The molecule has 0 bridgehead atoms. The predicted molar refractivity (Wildman–Crippen MR) is 94.2 cm³/mol. The van der Waals surface area contributed by atoms with E-state index in [9.17, 15) is 24.0 Å². The average Bonchev–Trinajstić information content (AvgIpc) is 3.13. The Kier molecular flexibility index (Phi) is 8.69. The van der Waals surface area contributed by atoms with Gasteiger partial charge in [-0.15, -0.1) is 10.2 Å². The first-order valence-corrected chi connectivity index (χ1v) is 8.19. The number of hydrogen-bond acceptors (Lipinski definition) is 9. The molecule has 0 spiro atoms. The molecule has 0 N–H and O–H groups in total. The Hall–Kier alpha value is -3.34. The quantitative estimate of drug-likeness (QED) is 0.398. The summed E-state index contributed by atoms with van der Waals surface area (Å²) in [5, 5.41) is 7.62. The predicted octanol–water partition coefficient (Wildman–Crippen LogP) is 0.792. The van der Waals surface area contributed by atoms with E-state index in [1.165, 1.54) is 13.8 Å². The molecule has 1 aromatic heterocycles. The fraction of sp³-hybridized carbons (Fsp3) is 0.312. The van der Waals surface area contributed by atoms with Gasteiger partial charge in [-0.25, -0.2) is 9.59 Å². The van der Waals surface area contributed by atoms with E-state index in [-0.39, 0.29) is 18.1 Å². The molecule has 2 amide bonds. The minimum atomic E-state index is -0.659. The largest absolute Gasteiger partial charge is 0.332 e. The third-order valence-electron chi connectivity index (χ3n) is 2.76. The Morgan fingerprint density at radius 1 is 0.964 bits per heavy atom. The van der Waals surface area contributed by atoms with Crippen LogP contribution in [0.1, 0.15) is 33.6 Å². The van der Waals surface area contributed by atoms with Crippen LogP contribution in [0.3, 0.4) is 0 Å². The molecule has 28 heavy (non-hydrogen) atoms. The third-order valence-corrected chi connectivity index (χ3v) is 2.76. The van der Waals surface area contributed by atoms with Crippen molar-refractivity contribution >= 4 is 51.6 Å². The van der Waals surface area contributed by atoms with Gasteiger partial charge in [0.15, 0.2) is 0 Å². The van der Waals surface area contributed by atoms with Gasteiger partial charge in [0.1, 0.15) is 11.0 Å². The summed E-state index contributed by atoms with van der Waals surface area (Å²) in [5.41, 5.74) is 1.38. The van der Waals surface area contributed by atoms with Crippen molar-refractivity contribution in [3.05, 3.63) is 24.3 Å². The minimum Gasteiger partial charge on any atom is -0.331 e. The number of carbonyl (C=O) groups excluding carboxylic acids is 5. The summed E-state index contributed by atoms with van der Waals surface area (Å²) in [5.74, 6) is -1.99. The number of imide groups is 1. The normalized spacial score (nSPS) is 12.5. The van der Waals surface area contributed by atoms with E-state index >= 15 is 0 Å². The molecule has 12 heteroatoms. The van der Waals surface area contributed by atoms with Crippen molar-refractivity contribution < 1.29 is 33.6 Å². The molecule has 1 aliphatic rings. The molecular weight excluding hydrogens is 396 g/mol. The van der Waals surface area contributed by atoms with E-state index in [0.717, 1.165) is 11.8 Å². The van der Waals surface area contributed by atoms with Crippen LogP contribution in [0.2, 0.25) is 0 Å². The van der Waals surface area contributed by atoms with Crippen LogP contribution in [0.5, 0.6) is 0 Å². The highest BCUT2D eigenvalue weighted by Crippen LogP contribution is 2.11. The van der Waals surface area contributed by atoms with E-state index in [0.29, 0.717) is 16.1 Å². The summed E-state index contributed by atoms with van der Waals surface area (Å²) < 4.78 is 0. The number of rotatable bonds is 2. The van der Waals surface area contributed by atoms with Gasteiger partial charge in [-0.05, 0) is 28.9 Å². The number of benzene rings is 1. The highest BCUT2D eigenvalue weighted by molar-refractivity contribution is 6.62. The highest BCUT2D eigenvalue weighted by atomic mass is 35.5. The maximum absolute atomic E-state index is 10.7. The first kappa shape index (κ1) is 22.7. The molecule has 2 aromatic rings. The Bertz CT molecular complexity index is 876. The first-order chi connectivity index (χ1) is 13.1. The van der Waals surface area contributed by atoms with Crippen molar-refractivity contribution in [1.82, 2.24) is 20.2 Å². The number of hydroxylamine groups is 2. The Morgan fingerprint density at radius 2 is 1.46 bits per heavy atom. The summed E-state index contributed by atoms with van der Waals surface area (Å²) in [6.45, 7) is 3.75. The van der Waals surface area contributed by atoms with Gasteiger partial charge in [-0.2, -0.15) is 0 Å². The number of fused-ring (bicyclic) bond motifs is 1. The lowest BCUT2D eigenvalue weighted by Gasteiger charge is -2.09. The van der Waals surface area contributed by atoms with Crippen LogP contribution in [0.15, 0.2) is 24.3 Å². The topological polar surface area (TPSA) is 138 Å². The van der Waals surface area contributed by atoms with Crippen LogP contribution < -0.4 is 4.84 Å². The van der Waals surface area contributed by atoms with Gasteiger partial charge >= 0.3 is 11.9 Å². The van der Waals surface area contributed by atoms with E-state index in [4.69, 9.17) is 4.84 Å². The zero-order valence-corrected chi connectivity index (χ0v) is 16.0. The lowest BCUT2D eigenvalue weighted by Crippen LogP contribution is -2.30. The third kappa shape index (κ3) is 7.50. The van der Waals surface area contributed by atoms with E-state index in [1.54, 1.807) is 12.1 Å². The molecule has 1 fully saturated rings. The average molecular weight is 413 g/mol. The van der Waals surface area contributed by atoms with Crippen LogP contribution in [-0.4, -0.2) is 49.2 Å². The SMILES string of the molecule is CC(=O)Cl.CC(=O)ON1C(=O)CCC1=O.CC(=O)On1nnc2ccccc21. The van der Waals surface area contributed by atoms with Crippen LogP contribution >= 0.6 is 11.6 Å². The molecule has 150 valence electrons. The van der Waals surface area contributed by atoms with Gasteiger partial charge in [-0.3, -0.25) is 14.4 Å². The first-order valence-electron chi connectivity index (χ1n) is 7.81.